The molecule has 2 aromatic carbocycles. The summed E-state index contributed by atoms with van der Waals surface area (Å²) in [4.78, 5) is 2.37. The summed E-state index contributed by atoms with van der Waals surface area (Å²) in [6.45, 7) is 5.13. The minimum atomic E-state index is -0.868. The molecule has 1 fully saturated rings. The largest absolute Gasteiger partial charge is 0.490 e. The number of halogens is 2. The van der Waals surface area contributed by atoms with Crippen LogP contribution in [0.25, 0.3) is 0 Å². The maximum Gasteiger partial charge on any atom is 0.200 e. The highest BCUT2D eigenvalue weighted by atomic mass is 19.2. The fraction of sp³-hybridized carbons (Fsp3) is 0.400. The first-order valence-corrected chi connectivity index (χ1v) is 8.79. The van der Waals surface area contributed by atoms with E-state index in [2.05, 4.69) is 35.3 Å². The van der Waals surface area contributed by atoms with E-state index in [-0.39, 0.29) is 17.8 Å². The van der Waals surface area contributed by atoms with Crippen molar-refractivity contribution >= 4 is 0 Å². The Morgan fingerprint density at radius 1 is 1.12 bits per heavy atom. The van der Waals surface area contributed by atoms with Gasteiger partial charge in [0.05, 0.1) is 6.61 Å². The molecule has 2 heterocycles. The van der Waals surface area contributed by atoms with Gasteiger partial charge < -0.3 is 10.1 Å². The molecular formula is C20H22F2N2O. The van der Waals surface area contributed by atoms with E-state index in [9.17, 15) is 8.78 Å². The molecular weight excluding hydrogens is 322 g/mol. The minimum Gasteiger partial charge on any atom is -0.490 e. The van der Waals surface area contributed by atoms with Gasteiger partial charge >= 0.3 is 0 Å². The van der Waals surface area contributed by atoms with Crippen molar-refractivity contribution in [1.29, 1.82) is 0 Å². The van der Waals surface area contributed by atoms with E-state index < -0.39 is 11.6 Å². The topological polar surface area (TPSA) is 24.5 Å². The van der Waals surface area contributed by atoms with Gasteiger partial charge in [0.1, 0.15) is 0 Å². The SMILES string of the molecule is Cc1ccccc1[C@@H]1CN([C@H]2CCOc3c2ccc(F)c3F)CCN1. The van der Waals surface area contributed by atoms with Crippen molar-refractivity contribution in [2.75, 3.05) is 26.2 Å². The van der Waals surface area contributed by atoms with Gasteiger partial charge in [-0.2, -0.15) is 4.39 Å². The second kappa shape index (κ2) is 6.73. The predicted molar refractivity (Wildman–Crippen MR) is 92.7 cm³/mol. The van der Waals surface area contributed by atoms with E-state index in [0.717, 1.165) is 31.6 Å². The van der Waals surface area contributed by atoms with E-state index in [0.29, 0.717) is 6.61 Å². The number of hydrogen-bond donors (Lipinski definition) is 1. The molecule has 1 saturated heterocycles. The standard InChI is InChI=1S/C20H22F2N2O/c1-13-4-2-3-5-14(13)17-12-24(10-9-23-17)18-8-11-25-20-15(18)6-7-16(21)19(20)22/h2-7,17-18,23H,8-12H2,1H3/t17-,18-/m0/s1. The van der Waals surface area contributed by atoms with Crippen LogP contribution in [0.2, 0.25) is 0 Å². The van der Waals surface area contributed by atoms with Crippen molar-refractivity contribution < 1.29 is 13.5 Å². The van der Waals surface area contributed by atoms with Gasteiger partial charge in [-0.3, -0.25) is 4.90 Å². The second-order valence-corrected chi connectivity index (χ2v) is 6.79. The number of fused-ring (bicyclic) bond motifs is 1. The fourth-order valence-electron chi connectivity index (χ4n) is 4.01. The monoisotopic (exact) mass is 344 g/mol. The van der Waals surface area contributed by atoms with Gasteiger partial charge in [0.15, 0.2) is 11.6 Å². The minimum absolute atomic E-state index is 0.0625. The molecule has 0 radical (unpaired) electrons. The van der Waals surface area contributed by atoms with Gasteiger partial charge in [0, 0.05) is 43.7 Å². The lowest BCUT2D eigenvalue weighted by molar-refractivity contribution is 0.104. The highest BCUT2D eigenvalue weighted by Crippen LogP contribution is 2.39. The second-order valence-electron chi connectivity index (χ2n) is 6.79. The van der Waals surface area contributed by atoms with Crippen LogP contribution in [0.3, 0.4) is 0 Å². The van der Waals surface area contributed by atoms with Gasteiger partial charge in [-0.1, -0.05) is 30.3 Å². The zero-order valence-electron chi connectivity index (χ0n) is 14.3. The van der Waals surface area contributed by atoms with Crippen molar-refractivity contribution in [3.63, 3.8) is 0 Å². The lowest BCUT2D eigenvalue weighted by Crippen LogP contribution is -2.48. The number of piperazine rings is 1. The van der Waals surface area contributed by atoms with E-state index in [1.54, 1.807) is 6.07 Å². The Morgan fingerprint density at radius 2 is 1.96 bits per heavy atom. The van der Waals surface area contributed by atoms with Crippen molar-refractivity contribution in [3.05, 3.63) is 64.7 Å². The van der Waals surface area contributed by atoms with Crippen molar-refractivity contribution in [1.82, 2.24) is 10.2 Å². The average Bonchev–Trinajstić information content (AvgIpc) is 2.65. The lowest BCUT2D eigenvalue weighted by Gasteiger charge is -2.41. The normalized spacial score (nSPS) is 23.8. The Labute approximate surface area is 146 Å². The highest BCUT2D eigenvalue weighted by molar-refractivity contribution is 5.40. The summed E-state index contributed by atoms with van der Waals surface area (Å²) in [5, 5.41) is 3.58. The van der Waals surface area contributed by atoms with Crippen molar-refractivity contribution in [3.8, 4) is 5.75 Å². The Morgan fingerprint density at radius 3 is 2.80 bits per heavy atom. The molecule has 2 aliphatic heterocycles. The Hall–Kier alpha value is -1.98. The van der Waals surface area contributed by atoms with Crippen LogP contribution in [-0.4, -0.2) is 31.1 Å². The van der Waals surface area contributed by atoms with Crippen LogP contribution < -0.4 is 10.1 Å². The van der Waals surface area contributed by atoms with Gasteiger partial charge in [-0.25, -0.2) is 4.39 Å². The molecule has 2 atom stereocenters. The molecule has 0 amide bonds. The maximum absolute atomic E-state index is 14.1. The molecule has 5 heteroatoms. The number of nitrogens with zero attached hydrogens (tertiary/aromatic N) is 1. The third kappa shape index (κ3) is 3.02. The van der Waals surface area contributed by atoms with Gasteiger partial charge in [0.2, 0.25) is 5.82 Å². The van der Waals surface area contributed by atoms with E-state index >= 15 is 0 Å². The number of benzene rings is 2. The smallest absolute Gasteiger partial charge is 0.200 e. The summed E-state index contributed by atoms with van der Waals surface area (Å²) in [5.41, 5.74) is 3.32. The maximum atomic E-state index is 14.1. The first-order chi connectivity index (χ1) is 12.1. The average molecular weight is 344 g/mol. The Balaban J connectivity index is 1.61. The molecule has 3 nitrogen and oxygen atoms in total. The summed E-state index contributed by atoms with van der Waals surface area (Å²) >= 11 is 0. The molecule has 0 aromatic heterocycles. The molecule has 4 rings (SSSR count). The molecule has 2 aliphatic rings. The zero-order valence-corrected chi connectivity index (χ0v) is 14.3. The molecule has 132 valence electrons. The van der Waals surface area contributed by atoms with E-state index in [4.69, 9.17) is 4.74 Å². The van der Waals surface area contributed by atoms with Crippen LogP contribution in [0, 0.1) is 18.6 Å². The summed E-state index contributed by atoms with van der Waals surface area (Å²) < 4.78 is 33.0. The number of nitrogens with one attached hydrogen (secondary N) is 1. The molecule has 25 heavy (non-hydrogen) atoms. The third-order valence-electron chi connectivity index (χ3n) is 5.29. The summed E-state index contributed by atoms with van der Waals surface area (Å²) in [6, 6.07) is 11.6. The summed E-state index contributed by atoms with van der Waals surface area (Å²) in [5.74, 6) is -1.63. The van der Waals surface area contributed by atoms with Gasteiger partial charge in [-0.15, -0.1) is 0 Å². The summed E-state index contributed by atoms with van der Waals surface area (Å²) in [6.07, 6.45) is 0.790. The first kappa shape index (κ1) is 16.5. The van der Waals surface area contributed by atoms with Crippen LogP contribution >= 0.6 is 0 Å². The van der Waals surface area contributed by atoms with E-state index in [1.807, 2.05) is 6.07 Å². The predicted octanol–water partition coefficient (Wildman–Crippen LogP) is 3.74. The quantitative estimate of drug-likeness (QED) is 0.898. The van der Waals surface area contributed by atoms with Crippen molar-refractivity contribution in [2.45, 2.75) is 25.4 Å². The molecule has 0 bridgehead atoms. The van der Waals surface area contributed by atoms with E-state index in [1.165, 1.54) is 17.2 Å². The van der Waals surface area contributed by atoms with Crippen LogP contribution in [0.5, 0.6) is 5.75 Å². The Kier molecular flexibility index (Phi) is 4.44. The Bertz CT molecular complexity index is 780. The van der Waals surface area contributed by atoms with Crippen LogP contribution in [0.1, 0.15) is 35.2 Å². The molecule has 0 unspecified atom stereocenters. The lowest BCUT2D eigenvalue weighted by atomic mass is 9.94. The molecule has 1 N–H and O–H groups in total. The van der Waals surface area contributed by atoms with Crippen LogP contribution in [0.15, 0.2) is 36.4 Å². The zero-order chi connectivity index (χ0) is 17.4. The fourth-order valence-corrected chi connectivity index (χ4v) is 4.01. The number of aryl methyl sites for hydroxylation is 1. The third-order valence-corrected chi connectivity index (χ3v) is 5.29. The molecule has 0 spiro atoms. The van der Waals surface area contributed by atoms with Crippen molar-refractivity contribution in [2.24, 2.45) is 0 Å². The number of hydrogen-bond acceptors (Lipinski definition) is 3. The first-order valence-electron chi connectivity index (χ1n) is 8.79. The number of ether oxygens (including phenoxy) is 1. The highest BCUT2D eigenvalue weighted by Gasteiger charge is 2.33. The van der Waals surface area contributed by atoms with Gasteiger partial charge in [0.25, 0.3) is 0 Å². The van der Waals surface area contributed by atoms with Gasteiger partial charge in [-0.05, 0) is 24.1 Å². The summed E-state index contributed by atoms with van der Waals surface area (Å²) in [7, 11) is 0. The van der Waals surface area contributed by atoms with Crippen LogP contribution in [-0.2, 0) is 0 Å². The molecule has 2 aromatic rings. The molecule has 0 aliphatic carbocycles. The van der Waals surface area contributed by atoms with Crippen LogP contribution in [0.4, 0.5) is 8.78 Å². The number of rotatable bonds is 2. The molecule has 0 saturated carbocycles.